The molecule has 0 aliphatic rings. The molecule has 0 amide bonds. The lowest BCUT2D eigenvalue weighted by molar-refractivity contribution is -0.137. The van der Waals surface area contributed by atoms with Crippen molar-refractivity contribution in [3.8, 4) is 0 Å². The van der Waals surface area contributed by atoms with Crippen LogP contribution >= 0.6 is 0 Å². The van der Waals surface area contributed by atoms with E-state index in [4.69, 9.17) is 4.84 Å². The van der Waals surface area contributed by atoms with Gasteiger partial charge in [0, 0.05) is 11.1 Å². The molecule has 0 saturated carbocycles. The minimum atomic E-state index is -4.52. The van der Waals surface area contributed by atoms with Crippen LogP contribution < -0.4 is 0 Å². The maximum Gasteiger partial charge on any atom is 0.417 e. The first-order valence-corrected chi connectivity index (χ1v) is 6.49. The van der Waals surface area contributed by atoms with E-state index < -0.39 is 18.2 Å². The highest BCUT2D eigenvalue weighted by Gasteiger charge is 2.32. The summed E-state index contributed by atoms with van der Waals surface area (Å²) in [6.45, 7) is -0.151. The van der Waals surface area contributed by atoms with Crippen LogP contribution in [0.25, 0.3) is 0 Å². The lowest BCUT2D eigenvalue weighted by Crippen LogP contribution is -2.08. The third kappa shape index (κ3) is 4.77. The van der Waals surface area contributed by atoms with Gasteiger partial charge in [-0.2, -0.15) is 13.2 Å². The molecule has 2 nitrogen and oxygen atoms in total. The molecule has 2 rings (SSSR count). The first-order chi connectivity index (χ1) is 10.9. The van der Waals surface area contributed by atoms with Gasteiger partial charge in [0.2, 0.25) is 0 Å². The minimum Gasteiger partial charge on any atom is -0.390 e. The second kappa shape index (κ2) is 7.21. The first kappa shape index (κ1) is 16.9. The van der Waals surface area contributed by atoms with Gasteiger partial charge >= 0.3 is 6.18 Å². The number of hydrogen-bond donors (Lipinski definition) is 0. The van der Waals surface area contributed by atoms with Gasteiger partial charge in [0.05, 0.1) is 5.56 Å². The fraction of sp³-hybridized carbons (Fsp3) is 0.188. The highest BCUT2D eigenvalue weighted by atomic mass is 19.4. The van der Waals surface area contributed by atoms with Gasteiger partial charge in [-0.05, 0) is 17.7 Å². The van der Waals surface area contributed by atoms with Crippen LogP contribution in [0.5, 0.6) is 0 Å². The van der Waals surface area contributed by atoms with Crippen LogP contribution in [0.3, 0.4) is 0 Å². The molecule has 0 N–H and O–H groups in total. The summed E-state index contributed by atoms with van der Waals surface area (Å²) in [5, 5.41) is 3.35. The molecule has 7 heteroatoms. The summed E-state index contributed by atoms with van der Waals surface area (Å²) in [5.74, 6) is 0. The van der Waals surface area contributed by atoms with E-state index in [1.165, 1.54) is 36.4 Å². The molecule has 2 aromatic carbocycles. The molecule has 0 saturated heterocycles. The lowest BCUT2D eigenvalue weighted by atomic mass is 10.1. The normalized spacial score (nSPS) is 12.1. The van der Waals surface area contributed by atoms with Crippen molar-refractivity contribution in [3.05, 3.63) is 70.8 Å². The van der Waals surface area contributed by atoms with Crippen molar-refractivity contribution >= 4 is 6.21 Å². The van der Waals surface area contributed by atoms with Gasteiger partial charge in [-0.3, -0.25) is 0 Å². The zero-order valence-electron chi connectivity index (χ0n) is 11.6. The average molecular weight is 328 g/mol. The third-order valence-corrected chi connectivity index (χ3v) is 2.90. The van der Waals surface area contributed by atoms with Gasteiger partial charge in [-0.15, -0.1) is 0 Å². The molecule has 0 spiro atoms. The van der Waals surface area contributed by atoms with Gasteiger partial charge in [-0.25, -0.2) is 8.78 Å². The SMILES string of the molecule is FC(F)c1cccc(CO/N=[C]\c2ccccc2C(F)(F)F)c1. The van der Waals surface area contributed by atoms with Crippen molar-refractivity contribution in [2.45, 2.75) is 19.2 Å². The van der Waals surface area contributed by atoms with Gasteiger partial charge in [0.1, 0.15) is 12.8 Å². The molecule has 0 atom stereocenters. The van der Waals surface area contributed by atoms with Crippen molar-refractivity contribution in [3.63, 3.8) is 0 Å². The fourth-order valence-corrected chi connectivity index (χ4v) is 1.83. The third-order valence-electron chi connectivity index (χ3n) is 2.90. The molecular weight excluding hydrogens is 317 g/mol. The summed E-state index contributed by atoms with van der Waals surface area (Å²) in [5.41, 5.74) is -0.882. The monoisotopic (exact) mass is 328 g/mol. The minimum absolute atomic E-state index is 0.151. The number of halogens is 5. The Morgan fingerprint density at radius 1 is 1.04 bits per heavy atom. The summed E-state index contributed by atoms with van der Waals surface area (Å²) in [7, 11) is 0. The molecule has 0 fully saturated rings. The molecule has 0 aromatic heterocycles. The second-order valence-corrected chi connectivity index (χ2v) is 4.57. The zero-order chi connectivity index (χ0) is 16.9. The van der Waals surface area contributed by atoms with Crippen LogP contribution in [-0.2, 0) is 17.6 Å². The molecule has 0 unspecified atom stereocenters. The van der Waals surface area contributed by atoms with Crippen molar-refractivity contribution in [1.82, 2.24) is 0 Å². The highest BCUT2D eigenvalue weighted by molar-refractivity contribution is 5.81. The van der Waals surface area contributed by atoms with Crippen molar-refractivity contribution in [2.24, 2.45) is 5.16 Å². The van der Waals surface area contributed by atoms with Gasteiger partial charge in [0.15, 0.2) is 0 Å². The Balaban J connectivity index is 2.02. The number of rotatable bonds is 5. The molecule has 2 aromatic rings. The summed E-state index contributed by atoms with van der Waals surface area (Å²) in [6.07, 6.45) is -4.97. The molecule has 0 heterocycles. The predicted molar refractivity (Wildman–Crippen MR) is 74.2 cm³/mol. The number of hydrogen-bond acceptors (Lipinski definition) is 2. The summed E-state index contributed by atoms with van der Waals surface area (Å²) < 4.78 is 63.3. The fourth-order valence-electron chi connectivity index (χ4n) is 1.83. The largest absolute Gasteiger partial charge is 0.417 e. The second-order valence-electron chi connectivity index (χ2n) is 4.57. The molecule has 0 bridgehead atoms. The number of benzene rings is 2. The number of alkyl halides is 5. The topological polar surface area (TPSA) is 21.6 Å². The molecule has 0 aliphatic heterocycles. The quantitative estimate of drug-likeness (QED) is 0.426. The van der Waals surface area contributed by atoms with Crippen LogP contribution in [0.4, 0.5) is 22.0 Å². The van der Waals surface area contributed by atoms with Crippen molar-refractivity contribution < 1.29 is 26.8 Å². The van der Waals surface area contributed by atoms with Crippen LogP contribution in [-0.4, -0.2) is 6.21 Å². The summed E-state index contributed by atoms with van der Waals surface area (Å²) in [4.78, 5) is 4.83. The van der Waals surface area contributed by atoms with Crippen LogP contribution in [0.1, 0.15) is 28.7 Å². The Kier molecular flexibility index (Phi) is 5.31. The predicted octanol–water partition coefficient (Wildman–Crippen LogP) is 5.07. The number of nitrogens with zero attached hydrogens (tertiary/aromatic N) is 1. The Labute approximate surface area is 129 Å². The van der Waals surface area contributed by atoms with E-state index in [1.807, 2.05) is 0 Å². The smallest absolute Gasteiger partial charge is 0.390 e. The average Bonchev–Trinajstić information content (AvgIpc) is 2.51. The Morgan fingerprint density at radius 3 is 2.48 bits per heavy atom. The van der Waals surface area contributed by atoms with E-state index in [-0.39, 0.29) is 17.7 Å². The van der Waals surface area contributed by atoms with Crippen LogP contribution in [0.2, 0.25) is 0 Å². The van der Waals surface area contributed by atoms with Crippen molar-refractivity contribution in [2.75, 3.05) is 0 Å². The van der Waals surface area contributed by atoms with Gasteiger partial charge in [0.25, 0.3) is 6.43 Å². The van der Waals surface area contributed by atoms with E-state index in [1.54, 1.807) is 6.07 Å². The zero-order valence-corrected chi connectivity index (χ0v) is 11.6. The van der Waals surface area contributed by atoms with Crippen molar-refractivity contribution in [1.29, 1.82) is 0 Å². The lowest BCUT2D eigenvalue weighted by Gasteiger charge is -2.08. The van der Waals surface area contributed by atoms with E-state index in [9.17, 15) is 22.0 Å². The standard InChI is InChI=1S/C16H11F5NO/c17-15(18)12-6-3-4-11(8-12)10-23-22-9-13-5-1-2-7-14(13)16(19,20)21/h1-8,15H,10H2. The highest BCUT2D eigenvalue weighted by Crippen LogP contribution is 2.31. The van der Waals surface area contributed by atoms with Gasteiger partial charge in [-0.1, -0.05) is 41.6 Å². The first-order valence-electron chi connectivity index (χ1n) is 6.49. The molecule has 0 aliphatic carbocycles. The Hall–Kier alpha value is -2.44. The van der Waals surface area contributed by atoms with Gasteiger partial charge < -0.3 is 4.84 Å². The molecular formula is C16H11F5NO. The maximum absolute atomic E-state index is 12.7. The summed E-state index contributed by atoms with van der Waals surface area (Å²) >= 11 is 0. The Morgan fingerprint density at radius 2 is 1.78 bits per heavy atom. The van der Waals surface area contributed by atoms with E-state index >= 15 is 0 Å². The molecule has 121 valence electrons. The summed E-state index contributed by atoms with van der Waals surface area (Å²) in [6, 6.07) is 10.3. The maximum atomic E-state index is 12.7. The van der Waals surface area contributed by atoms with E-state index in [0.717, 1.165) is 6.07 Å². The van der Waals surface area contributed by atoms with Crippen LogP contribution in [0, 0.1) is 0 Å². The Bertz CT molecular complexity index is 682. The molecule has 1 radical (unpaired) electrons. The van der Waals surface area contributed by atoms with Crippen LogP contribution in [0.15, 0.2) is 53.7 Å². The van der Waals surface area contributed by atoms with E-state index in [2.05, 4.69) is 11.4 Å². The molecule has 23 heavy (non-hydrogen) atoms. The van der Waals surface area contributed by atoms with E-state index in [0.29, 0.717) is 5.56 Å².